The van der Waals surface area contributed by atoms with Crippen LogP contribution in [0.25, 0.3) is 0 Å². The van der Waals surface area contributed by atoms with Crippen molar-refractivity contribution in [1.29, 1.82) is 0 Å². The fraction of sp³-hybridized carbons (Fsp3) is 0.211. The number of aliphatic imine (C=N–C) groups is 1. The van der Waals surface area contributed by atoms with Crippen LogP contribution in [0.4, 0.5) is 5.69 Å². The second-order valence-corrected chi connectivity index (χ2v) is 5.85. The molecule has 2 nitrogen and oxygen atoms in total. The molecule has 0 N–H and O–H groups in total. The van der Waals surface area contributed by atoms with Crippen LogP contribution in [0.2, 0.25) is 0 Å². The maximum absolute atomic E-state index is 4.90. The van der Waals surface area contributed by atoms with E-state index >= 15 is 0 Å². The lowest BCUT2D eigenvalue weighted by Crippen LogP contribution is -2.30. The first-order valence-corrected chi connectivity index (χ1v) is 7.24. The van der Waals surface area contributed by atoms with Crippen molar-refractivity contribution in [2.75, 3.05) is 11.9 Å². The van der Waals surface area contributed by atoms with Gasteiger partial charge in [0.15, 0.2) is 0 Å². The summed E-state index contributed by atoms with van der Waals surface area (Å²) in [5.41, 5.74) is 4.41. The Hall–Kier alpha value is -2.35. The SMILES string of the molecule is CN(C1=CC(c2ccccc2)=NC1(C)C)c1ccccc1. The molecule has 0 unspecified atom stereocenters. The van der Waals surface area contributed by atoms with Crippen LogP contribution >= 0.6 is 0 Å². The molecule has 0 fully saturated rings. The van der Waals surface area contributed by atoms with E-state index in [0.29, 0.717) is 0 Å². The van der Waals surface area contributed by atoms with Gasteiger partial charge in [-0.15, -0.1) is 0 Å². The van der Waals surface area contributed by atoms with Gasteiger partial charge in [0.25, 0.3) is 0 Å². The van der Waals surface area contributed by atoms with E-state index in [0.717, 1.165) is 5.71 Å². The van der Waals surface area contributed by atoms with E-state index in [4.69, 9.17) is 4.99 Å². The summed E-state index contributed by atoms with van der Waals surface area (Å²) < 4.78 is 0. The maximum Gasteiger partial charge on any atom is 0.0958 e. The number of para-hydroxylation sites is 1. The molecule has 1 aliphatic rings. The summed E-state index contributed by atoms with van der Waals surface area (Å²) >= 11 is 0. The zero-order valence-corrected chi connectivity index (χ0v) is 12.7. The van der Waals surface area contributed by atoms with Gasteiger partial charge in [-0.1, -0.05) is 48.5 Å². The van der Waals surface area contributed by atoms with E-state index in [2.05, 4.69) is 80.4 Å². The van der Waals surface area contributed by atoms with Crippen LogP contribution in [0.5, 0.6) is 0 Å². The molecule has 1 heterocycles. The van der Waals surface area contributed by atoms with Crippen molar-refractivity contribution in [2.24, 2.45) is 4.99 Å². The van der Waals surface area contributed by atoms with Crippen LogP contribution in [0.1, 0.15) is 19.4 Å². The van der Waals surface area contributed by atoms with Crippen LogP contribution in [-0.2, 0) is 0 Å². The molecule has 0 saturated heterocycles. The van der Waals surface area contributed by atoms with Crippen LogP contribution in [0.15, 0.2) is 77.4 Å². The molecule has 0 spiro atoms. The first kappa shape index (κ1) is 13.6. The van der Waals surface area contributed by atoms with Gasteiger partial charge >= 0.3 is 0 Å². The molecule has 2 heteroatoms. The van der Waals surface area contributed by atoms with E-state index in [1.165, 1.54) is 16.9 Å². The lowest BCUT2D eigenvalue weighted by molar-refractivity contribution is 0.610. The molecule has 0 atom stereocenters. The minimum Gasteiger partial charge on any atom is -0.346 e. The Morgan fingerprint density at radius 1 is 0.857 bits per heavy atom. The van der Waals surface area contributed by atoms with Crippen molar-refractivity contribution in [3.05, 3.63) is 78.0 Å². The van der Waals surface area contributed by atoms with Crippen LogP contribution in [0, 0.1) is 0 Å². The van der Waals surface area contributed by atoms with Gasteiger partial charge in [-0.3, -0.25) is 4.99 Å². The number of hydrogen-bond acceptors (Lipinski definition) is 2. The Morgan fingerprint density at radius 3 is 2.05 bits per heavy atom. The number of nitrogens with zero attached hydrogens (tertiary/aromatic N) is 2. The molecule has 21 heavy (non-hydrogen) atoms. The van der Waals surface area contributed by atoms with Crippen LogP contribution in [-0.4, -0.2) is 18.3 Å². The highest BCUT2D eigenvalue weighted by atomic mass is 15.2. The smallest absolute Gasteiger partial charge is 0.0958 e. The number of anilines is 1. The molecule has 1 aliphatic heterocycles. The monoisotopic (exact) mass is 276 g/mol. The van der Waals surface area contributed by atoms with Gasteiger partial charge in [0.1, 0.15) is 0 Å². The van der Waals surface area contributed by atoms with Crippen molar-refractivity contribution in [3.63, 3.8) is 0 Å². The third-order valence-electron chi connectivity index (χ3n) is 3.87. The van der Waals surface area contributed by atoms with E-state index < -0.39 is 0 Å². The fourth-order valence-corrected chi connectivity index (χ4v) is 2.75. The molecule has 0 bridgehead atoms. The normalized spacial score (nSPS) is 16.3. The summed E-state index contributed by atoms with van der Waals surface area (Å²) in [5, 5.41) is 0. The molecule has 3 rings (SSSR count). The van der Waals surface area contributed by atoms with Crippen LogP contribution in [0.3, 0.4) is 0 Å². The third kappa shape index (κ3) is 2.62. The highest BCUT2D eigenvalue weighted by Crippen LogP contribution is 2.33. The molecular weight excluding hydrogens is 256 g/mol. The van der Waals surface area contributed by atoms with E-state index in [9.17, 15) is 0 Å². The predicted octanol–water partition coefficient (Wildman–Crippen LogP) is 4.29. The molecule has 0 amide bonds. The first-order chi connectivity index (χ1) is 10.1. The molecule has 2 aromatic carbocycles. The standard InChI is InChI=1S/C19H20N2/c1-19(2)18(21(3)16-12-8-5-9-13-16)14-17(20-19)15-10-6-4-7-11-15/h4-14H,1-3H3. The van der Waals surface area contributed by atoms with Gasteiger partial charge in [-0.05, 0) is 37.6 Å². The van der Waals surface area contributed by atoms with Gasteiger partial charge < -0.3 is 4.90 Å². The summed E-state index contributed by atoms with van der Waals surface area (Å²) in [6.45, 7) is 4.32. The second-order valence-electron chi connectivity index (χ2n) is 5.85. The maximum atomic E-state index is 4.90. The zero-order chi connectivity index (χ0) is 14.9. The first-order valence-electron chi connectivity index (χ1n) is 7.24. The highest BCUT2D eigenvalue weighted by molar-refractivity contribution is 6.11. The van der Waals surface area contributed by atoms with Gasteiger partial charge in [-0.2, -0.15) is 0 Å². The molecule has 0 aliphatic carbocycles. The Morgan fingerprint density at radius 2 is 1.43 bits per heavy atom. The Kier molecular flexibility index (Phi) is 3.38. The summed E-state index contributed by atoms with van der Waals surface area (Å²) in [7, 11) is 2.10. The summed E-state index contributed by atoms with van der Waals surface area (Å²) in [6.07, 6.45) is 2.20. The quantitative estimate of drug-likeness (QED) is 0.816. The van der Waals surface area contributed by atoms with E-state index in [-0.39, 0.29) is 5.54 Å². The van der Waals surface area contributed by atoms with Crippen LogP contribution < -0.4 is 4.90 Å². The lowest BCUT2D eigenvalue weighted by atomic mass is 10.0. The van der Waals surface area contributed by atoms with Gasteiger partial charge in [0.05, 0.1) is 11.3 Å². The molecular formula is C19H20N2. The van der Waals surface area contributed by atoms with E-state index in [1.807, 2.05) is 12.1 Å². The topological polar surface area (TPSA) is 15.6 Å². The van der Waals surface area contributed by atoms with Crippen molar-refractivity contribution in [3.8, 4) is 0 Å². The van der Waals surface area contributed by atoms with Crippen molar-refractivity contribution < 1.29 is 0 Å². The molecule has 106 valence electrons. The van der Waals surface area contributed by atoms with E-state index in [1.54, 1.807) is 0 Å². The average Bonchev–Trinajstić information content (AvgIpc) is 2.84. The fourth-order valence-electron chi connectivity index (χ4n) is 2.75. The molecule has 2 aromatic rings. The third-order valence-corrected chi connectivity index (χ3v) is 3.87. The lowest BCUT2D eigenvalue weighted by Gasteiger charge is -2.29. The predicted molar refractivity (Wildman–Crippen MR) is 90.0 cm³/mol. The minimum absolute atomic E-state index is 0.213. The molecule has 0 aromatic heterocycles. The summed E-state index contributed by atoms with van der Waals surface area (Å²) in [6, 6.07) is 20.8. The zero-order valence-electron chi connectivity index (χ0n) is 12.7. The number of benzene rings is 2. The highest BCUT2D eigenvalue weighted by Gasteiger charge is 2.31. The Labute approximate surface area is 126 Å². The number of hydrogen-bond donors (Lipinski definition) is 0. The Balaban J connectivity index is 1.97. The number of rotatable bonds is 3. The number of allylic oxidation sites excluding steroid dienone is 1. The van der Waals surface area contributed by atoms with Gasteiger partial charge in [-0.25, -0.2) is 0 Å². The molecule has 0 saturated carbocycles. The minimum atomic E-state index is -0.213. The van der Waals surface area contributed by atoms with Crippen molar-refractivity contribution in [1.82, 2.24) is 0 Å². The number of likely N-dealkylation sites (N-methyl/N-ethyl adjacent to an activating group) is 1. The van der Waals surface area contributed by atoms with Gasteiger partial charge in [0, 0.05) is 18.4 Å². The second kappa shape index (κ2) is 5.21. The van der Waals surface area contributed by atoms with Gasteiger partial charge in [0.2, 0.25) is 0 Å². The largest absolute Gasteiger partial charge is 0.346 e. The molecule has 0 radical (unpaired) electrons. The Bertz CT molecular complexity index is 682. The summed E-state index contributed by atoms with van der Waals surface area (Å²) in [4.78, 5) is 7.12. The summed E-state index contributed by atoms with van der Waals surface area (Å²) in [5.74, 6) is 0. The van der Waals surface area contributed by atoms with Crippen molar-refractivity contribution in [2.45, 2.75) is 19.4 Å². The average molecular weight is 276 g/mol. The van der Waals surface area contributed by atoms with Crippen molar-refractivity contribution >= 4 is 11.4 Å².